The van der Waals surface area contributed by atoms with Crippen molar-refractivity contribution >= 4 is 27.3 Å². The van der Waals surface area contributed by atoms with E-state index in [1.165, 1.54) is 15.4 Å². The van der Waals surface area contributed by atoms with E-state index in [4.69, 9.17) is 0 Å². The van der Waals surface area contributed by atoms with Gasteiger partial charge in [0, 0.05) is 16.8 Å². The summed E-state index contributed by atoms with van der Waals surface area (Å²) in [6, 6.07) is 4.59. The molecule has 98 valence electrons. The van der Waals surface area contributed by atoms with E-state index in [2.05, 4.69) is 52.3 Å². The molecule has 0 fully saturated rings. The maximum atomic E-state index is 4.31. The maximum Gasteiger partial charge on any atom is 0.0853 e. The standard InChI is InChI=1S/C13H18BrN3S/c1-4-7-15-12(11-6-5-9(2)18-11)13-10(14)8-16-17(13)3/h5-6,8,12,15H,4,7H2,1-3H3. The third-order valence-electron chi connectivity index (χ3n) is 2.86. The number of hydrogen-bond donors (Lipinski definition) is 1. The molecule has 1 unspecified atom stereocenters. The van der Waals surface area contributed by atoms with Crippen LogP contribution in [0.15, 0.2) is 22.8 Å². The van der Waals surface area contributed by atoms with Crippen LogP contribution in [0.4, 0.5) is 0 Å². The van der Waals surface area contributed by atoms with Crippen LogP contribution in [0.25, 0.3) is 0 Å². The van der Waals surface area contributed by atoms with Crippen LogP contribution in [0.2, 0.25) is 0 Å². The van der Waals surface area contributed by atoms with E-state index < -0.39 is 0 Å². The minimum Gasteiger partial charge on any atom is -0.304 e. The van der Waals surface area contributed by atoms with Gasteiger partial charge in [-0.05, 0) is 48.0 Å². The van der Waals surface area contributed by atoms with E-state index in [0.29, 0.717) is 0 Å². The molecule has 0 saturated carbocycles. The lowest BCUT2D eigenvalue weighted by atomic mass is 10.1. The van der Waals surface area contributed by atoms with Gasteiger partial charge in [-0.2, -0.15) is 5.10 Å². The second-order valence-corrected chi connectivity index (χ2v) is 6.51. The zero-order valence-corrected chi connectivity index (χ0v) is 13.3. The van der Waals surface area contributed by atoms with E-state index >= 15 is 0 Å². The Balaban J connectivity index is 2.36. The van der Waals surface area contributed by atoms with Crippen molar-refractivity contribution in [2.24, 2.45) is 7.05 Å². The summed E-state index contributed by atoms with van der Waals surface area (Å²) in [5, 5.41) is 7.91. The molecule has 0 aliphatic carbocycles. The Bertz CT molecular complexity index is 499. The van der Waals surface area contributed by atoms with Crippen molar-refractivity contribution in [3.05, 3.63) is 38.3 Å². The Morgan fingerprint density at radius 1 is 1.50 bits per heavy atom. The molecule has 18 heavy (non-hydrogen) atoms. The topological polar surface area (TPSA) is 29.9 Å². The van der Waals surface area contributed by atoms with Crippen molar-refractivity contribution in [1.82, 2.24) is 15.1 Å². The number of rotatable bonds is 5. The first-order chi connectivity index (χ1) is 8.63. The summed E-state index contributed by atoms with van der Waals surface area (Å²) in [7, 11) is 1.99. The summed E-state index contributed by atoms with van der Waals surface area (Å²) in [5.41, 5.74) is 1.19. The molecule has 2 heterocycles. The fourth-order valence-electron chi connectivity index (χ4n) is 1.97. The molecule has 5 heteroatoms. The van der Waals surface area contributed by atoms with Gasteiger partial charge in [-0.15, -0.1) is 11.3 Å². The van der Waals surface area contributed by atoms with Crippen LogP contribution in [0, 0.1) is 6.92 Å². The van der Waals surface area contributed by atoms with Crippen LogP contribution in [0.1, 0.15) is 34.8 Å². The molecular weight excluding hydrogens is 310 g/mol. The Kier molecular flexibility index (Phi) is 4.59. The number of thiophene rings is 1. The van der Waals surface area contributed by atoms with Gasteiger partial charge in [-0.3, -0.25) is 4.68 Å². The van der Waals surface area contributed by atoms with Crippen molar-refractivity contribution in [2.75, 3.05) is 6.54 Å². The van der Waals surface area contributed by atoms with Gasteiger partial charge >= 0.3 is 0 Å². The number of nitrogens with zero attached hydrogens (tertiary/aromatic N) is 2. The summed E-state index contributed by atoms with van der Waals surface area (Å²) >= 11 is 5.43. The lowest BCUT2D eigenvalue weighted by Gasteiger charge is -2.18. The van der Waals surface area contributed by atoms with Crippen LogP contribution < -0.4 is 5.32 Å². The van der Waals surface area contributed by atoms with Crippen LogP contribution in [0.3, 0.4) is 0 Å². The lowest BCUT2D eigenvalue weighted by molar-refractivity contribution is 0.558. The van der Waals surface area contributed by atoms with Gasteiger partial charge in [-0.25, -0.2) is 0 Å². The third kappa shape index (κ3) is 2.84. The summed E-state index contributed by atoms with van der Waals surface area (Å²) in [6.45, 7) is 5.32. The summed E-state index contributed by atoms with van der Waals surface area (Å²) in [5.74, 6) is 0. The minimum atomic E-state index is 0.213. The van der Waals surface area contributed by atoms with E-state index in [0.717, 1.165) is 17.4 Å². The van der Waals surface area contributed by atoms with Gasteiger partial charge in [0.1, 0.15) is 0 Å². The minimum absolute atomic E-state index is 0.213. The number of halogens is 1. The highest BCUT2D eigenvalue weighted by Gasteiger charge is 2.21. The van der Waals surface area contributed by atoms with Crippen molar-refractivity contribution in [3.8, 4) is 0 Å². The van der Waals surface area contributed by atoms with Crippen molar-refractivity contribution in [1.29, 1.82) is 0 Å². The van der Waals surface area contributed by atoms with Crippen molar-refractivity contribution < 1.29 is 0 Å². The SMILES string of the molecule is CCCNC(c1ccc(C)s1)c1c(Br)cnn1C. The fourth-order valence-corrected chi connectivity index (χ4v) is 3.51. The third-order valence-corrected chi connectivity index (χ3v) is 4.53. The highest BCUT2D eigenvalue weighted by Crippen LogP contribution is 2.32. The van der Waals surface area contributed by atoms with E-state index in [9.17, 15) is 0 Å². The first-order valence-electron chi connectivity index (χ1n) is 6.10. The predicted octanol–water partition coefficient (Wildman–Crippen LogP) is 3.64. The first kappa shape index (κ1) is 13.8. The molecule has 0 radical (unpaired) electrons. The summed E-state index contributed by atoms with van der Waals surface area (Å²) in [4.78, 5) is 2.68. The Labute approximate surface area is 120 Å². The zero-order chi connectivity index (χ0) is 13.1. The van der Waals surface area contributed by atoms with Crippen LogP contribution in [-0.4, -0.2) is 16.3 Å². The second kappa shape index (κ2) is 5.99. The molecule has 2 rings (SSSR count). The molecule has 0 saturated heterocycles. The normalized spacial score (nSPS) is 12.9. The van der Waals surface area contributed by atoms with E-state index in [-0.39, 0.29) is 6.04 Å². The smallest absolute Gasteiger partial charge is 0.0853 e. The summed E-state index contributed by atoms with van der Waals surface area (Å²) < 4.78 is 3.00. The second-order valence-electron chi connectivity index (χ2n) is 4.34. The van der Waals surface area contributed by atoms with Gasteiger partial charge in [0.15, 0.2) is 0 Å². The highest BCUT2D eigenvalue weighted by molar-refractivity contribution is 9.10. The number of hydrogen-bond acceptors (Lipinski definition) is 3. The maximum absolute atomic E-state index is 4.31. The molecule has 0 aliphatic rings. The number of nitrogens with one attached hydrogen (secondary N) is 1. The van der Waals surface area contributed by atoms with Crippen LogP contribution >= 0.6 is 27.3 Å². The Hall–Kier alpha value is -0.650. The molecule has 1 atom stereocenters. The van der Waals surface area contributed by atoms with Crippen LogP contribution in [-0.2, 0) is 7.05 Å². The zero-order valence-electron chi connectivity index (χ0n) is 10.9. The molecule has 0 spiro atoms. The summed E-state index contributed by atoms with van der Waals surface area (Å²) in [6.07, 6.45) is 2.98. The number of aromatic nitrogens is 2. The van der Waals surface area contributed by atoms with Crippen molar-refractivity contribution in [2.45, 2.75) is 26.3 Å². The molecule has 3 nitrogen and oxygen atoms in total. The monoisotopic (exact) mass is 327 g/mol. The van der Waals surface area contributed by atoms with Gasteiger partial charge in [0.25, 0.3) is 0 Å². The molecule has 1 N–H and O–H groups in total. The predicted molar refractivity (Wildman–Crippen MR) is 80.1 cm³/mol. The molecule has 0 aromatic carbocycles. The van der Waals surface area contributed by atoms with Crippen LogP contribution in [0.5, 0.6) is 0 Å². The van der Waals surface area contributed by atoms with E-state index in [1.54, 1.807) is 0 Å². The van der Waals surface area contributed by atoms with Gasteiger partial charge < -0.3 is 5.32 Å². The first-order valence-corrected chi connectivity index (χ1v) is 7.71. The number of aryl methyl sites for hydroxylation is 2. The molecular formula is C13H18BrN3S. The van der Waals surface area contributed by atoms with Gasteiger partial charge in [-0.1, -0.05) is 6.92 Å². The largest absolute Gasteiger partial charge is 0.304 e. The van der Waals surface area contributed by atoms with Crippen molar-refractivity contribution in [3.63, 3.8) is 0 Å². The average Bonchev–Trinajstić information content (AvgIpc) is 2.90. The van der Waals surface area contributed by atoms with E-state index in [1.807, 2.05) is 29.3 Å². The molecule has 0 aliphatic heterocycles. The highest BCUT2D eigenvalue weighted by atomic mass is 79.9. The quantitative estimate of drug-likeness (QED) is 0.908. The van der Waals surface area contributed by atoms with Gasteiger partial charge in [0.05, 0.1) is 22.4 Å². The molecule has 2 aromatic rings. The van der Waals surface area contributed by atoms with Gasteiger partial charge in [0.2, 0.25) is 0 Å². The fraction of sp³-hybridized carbons (Fsp3) is 0.462. The molecule has 2 aromatic heterocycles. The molecule has 0 amide bonds. The Morgan fingerprint density at radius 3 is 2.78 bits per heavy atom. The molecule has 0 bridgehead atoms. The average molecular weight is 328 g/mol. The lowest BCUT2D eigenvalue weighted by Crippen LogP contribution is -2.24. The Morgan fingerprint density at radius 2 is 2.28 bits per heavy atom.